The fourth-order valence-corrected chi connectivity index (χ4v) is 3.64. The van der Waals surface area contributed by atoms with Crippen molar-refractivity contribution in [3.63, 3.8) is 0 Å². The van der Waals surface area contributed by atoms with Crippen LogP contribution >= 0.6 is 11.3 Å². The van der Waals surface area contributed by atoms with Gasteiger partial charge in [0.05, 0.1) is 11.3 Å². The van der Waals surface area contributed by atoms with Crippen molar-refractivity contribution in [1.82, 2.24) is 10.2 Å². The number of para-hydroxylation sites is 1. The first-order valence-corrected chi connectivity index (χ1v) is 9.45. The Morgan fingerprint density at radius 2 is 1.73 bits per heavy atom. The summed E-state index contributed by atoms with van der Waals surface area (Å²) in [6.07, 6.45) is -4.73. The van der Waals surface area contributed by atoms with Gasteiger partial charge in [0.15, 0.2) is 0 Å². The minimum Gasteiger partial charge on any atom is -0.300 e. The highest BCUT2D eigenvalue weighted by Crippen LogP contribution is 2.35. The Labute approximate surface area is 151 Å². The first kappa shape index (κ1) is 20.1. The van der Waals surface area contributed by atoms with Gasteiger partial charge < -0.3 is 5.32 Å². The van der Waals surface area contributed by atoms with Gasteiger partial charge in [0.1, 0.15) is 0 Å². The molecule has 0 saturated carbocycles. The number of halogens is 3. The Morgan fingerprint density at radius 3 is 2.31 bits per heavy atom. The van der Waals surface area contributed by atoms with E-state index < -0.39 is 43.1 Å². The Bertz CT molecular complexity index is 918. The molecule has 0 unspecified atom stereocenters. The van der Waals surface area contributed by atoms with Crippen molar-refractivity contribution in [1.29, 1.82) is 0 Å². The fourth-order valence-electron chi connectivity index (χ4n) is 1.66. The first-order chi connectivity index (χ1) is 11.8. The van der Waals surface area contributed by atoms with Gasteiger partial charge in [-0.25, -0.2) is 0 Å². The molecule has 0 aliphatic heterocycles. The molecule has 0 aliphatic carbocycles. The van der Waals surface area contributed by atoms with E-state index in [1.165, 1.54) is 6.07 Å². The maximum atomic E-state index is 13.0. The van der Waals surface area contributed by atoms with Crippen LogP contribution in [0.15, 0.2) is 28.6 Å². The minimum absolute atomic E-state index is 0.0746. The predicted molar refractivity (Wildman–Crippen MR) is 90.2 cm³/mol. The van der Waals surface area contributed by atoms with Gasteiger partial charge in [-0.2, -0.15) is 21.6 Å². The van der Waals surface area contributed by atoms with E-state index >= 15 is 0 Å². The van der Waals surface area contributed by atoms with Crippen LogP contribution in [0.4, 0.5) is 24.0 Å². The molecule has 2 N–H and O–H groups in total. The van der Waals surface area contributed by atoms with Crippen LogP contribution in [0.3, 0.4) is 0 Å². The summed E-state index contributed by atoms with van der Waals surface area (Å²) in [4.78, 5) is 11.9. The lowest BCUT2D eigenvalue weighted by molar-refractivity contribution is -0.136. The zero-order valence-electron chi connectivity index (χ0n) is 13.9. The van der Waals surface area contributed by atoms with Crippen molar-refractivity contribution in [2.75, 3.05) is 10.0 Å². The topological polar surface area (TPSA) is 101 Å². The molecule has 1 aromatic carbocycles. The van der Waals surface area contributed by atoms with Crippen molar-refractivity contribution in [2.24, 2.45) is 5.41 Å². The number of aromatic nitrogens is 2. The Hall–Kier alpha value is -2.21. The highest BCUT2D eigenvalue weighted by Gasteiger charge is 2.35. The first-order valence-electron chi connectivity index (χ1n) is 7.15. The molecule has 0 fully saturated rings. The standard InChI is InChI=1S/C14H15F3N4O3S2/c1-13(2,3)10(22)18-11-19-20-12(25-11)26(23,24)21-9-7-5-4-6-8(9)14(15,16)17/h4-7,21H,1-3H3,(H,18,19,22). The molecule has 0 spiro atoms. The van der Waals surface area contributed by atoms with Crippen LogP contribution in [-0.4, -0.2) is 24.5 Å². The molecular formula is C14H15F3N4O3S2. The molecule has 0 aliphatic rings. The van der Waals surface area contributed by atoms with Gasteiger partial charge in [0.2, 0.25) is 11.0 Å². The van der Waals surface area contributed by atoms with Crippen LogP contribution in [0.25, 0.3) is 0 Å². The predicted octanol–water partition coefficient (Wildman–Crippen LogP) is 3.34. The molecule has 0 bridgehead atoms. The lowest BCUT2D eigenvalue weighted by atomic mass is 9.96. The van der Waals surface area contributed by atoms with E-state index in [1.54, 1.807) is 20.8 Å². The van der Waals surface area contributed by atoms with Crippen LogP contribution in [0.5, 0.6) is 0 Å². The van der Waals surface area contributed by atoms with E-state index in [9.17, 15) is 26.4 Å². The SMILES string of the molecule is CC(C)(C)C(=O)Nc1nnc(S(=O)(=O)Nc2ccccc2C(F)(F)F)s1. The normalized spacial score (nSPS) is 12.7. The number of amides is 1. The zero-order valence-corrected chi connectivity index (χ0v) is 15.5. The molecule has 26 heavy (non-hydrogen) atoms. The van der Waals surface area contributed by atoms with Crippen molar-refractivity contribution in [2.45, 2.75) is 31.3 Å². The van der Waals surface area contributed by atoms with Crippen LogP contribution in [0, 0.1) is 5.41 Å². The molecule has 0 atom stereocenters. The molecule has 12 heteroatoms. The van der Waals surface area contributed by atoms with E-state index in [4.69, 9.17) is 0 Å². The lowest BCUT2D eigenvalue weighted by Crippen LogP contribution is -2.27. The molecule has 142 valence electrons. The van der Waals surface area contributed by atoms with Gasteiger partial charge >= 0.3 is 6.18 Å². The number of rotatable bonds is 4. The van der Waals surface area contributed by atoms with E-state index in [-0.39, 0.29) is 5.13 Å². The zero-order chi connectivity index (χ0) is 19.8. The van der Waals surface area contributed by atoms with E-state index in [0.717, 1.165) is 18.2 Å². The maximum absolute atomic E-state index is 13.0. The quantitative estimate of drug-likeness (QED) is 0.756. The van der Waals surface area contributed by atoms with Gasteiger partial charge in [-0.05, 0) is 12.1 Å². The average molecular weight is 408 g/mol. The minimum atomic E-state index is -4.73. The number of benzene rings is 1. The van der Waals surface area contributed by atoms with Crippen molar-refractivity contribution < 1.29 is 26.4 Å². The molecule has 2 rings (SSSR count). The molecule has 2 aromatic rings. The number of hydrogen-bond acceptors (Lipinski definition) is 6. The van der Waals surface area contributed by atoms with Gasteiger partial charge in [0.25, 0.3) is 14.4 Å². The number of nitrogens with zero attached hydrogens (tertiary/aromatic N) is 2. The summed E-state index contributed by atoms with van der Waals surface area (Å²) in [6.45, 7) is 4.95. The summed E-state index contributed by atoms with van der Waals surface area (Å²) < 4.78 is 64.8. The number of alkyl halides is 3. The van der Waals surface area contributed by atoms with Crippen LogP contribution in [-0.2, 0) is 21.0 Å². The summed E-state index contributed by atoms with van der Waals surface area (Å²) in [5, 5.41) is 9.31. The number of carbonyl (C=O) groups is 1. The van der Waals surface area contributed by atoms with Crippen LogP contribution in [0.2, 0.25) is 0 Å². The average Bonchev–Trinajstić information content (AvgIpc) is 2.94. The summed E-state index contributed by atoms with van der Waals surface area (Å²) in [6, 6.07) is 4.16. The second-order valence-electron chi connectivity index (χ2n) is 6.23. The van der Waals surface area contributed by atoms with E-state index in [2.05, 4.69) is 15.5 Å². The lowest BCUT2D eigenvalue weighted by Gasteiger charge is -2.15. The summed E-state index contributed by atoms with van der Waals surface area (Å²) in [5.74, 6) is -0.409. The van der Waals surface area contributed by atoms with Crippen molar-refractivity contribution >= 4 is 38.1 Å². The molecule has 0 radical (unpaired) electrons. The summed E-state index contributed by atoms with van der Waals surface area (Å²) in [7, 11) is -4.40. The van der Waals surface area contributed by atoms with E-state index in [0.29, 0.717) is 11.3 Å². The summed E-state index contributed by atoms with van der Waals surface area (Å²) in [5.41, 5.74) is -2.50. The molecular weight excluding hydrogens is 393 g/mol. The van der Waals surface area contributed by atoms with Gasteiger partial charge in [-0.3, -0.25) is 9.52 Å². The Morgan fingerprint density at radius 1 is 1.12 bits per heavy atom. The highest BCUT2D eigenvalue weighted by molar-refractivity contribution is 7.94. The Kier molecular flexibility index (Phi) is 5.29. The number of anilines is 2. The number of carbonyl (C=O) groups excluding carboxylic acids is 1. The largest absolute Gasteiger partial charge is 0.418 e. The Balaban J connectivity index is 2.27. The molecule has 1 heterocycles. The third-order valence-corrected chi connectivity index (χ3v) is 5.59. The van der Waals surface area contributed by atoms with Gasteiger partial charge in [0, 0.05) is 5.41 Å². The second kappa shape index (κ2) is 6.83. The van der Waals surface area contributed by atoms with Gasteiger partial charge in [-0.1, -0.05) is 44.2 Å². The monoisotopic (exact) mass is 408 g/mol. The van der Waals surface area contributed by atoms with Crippen LogP contribution < -0.4 is 10.0 Å². The molecule has 1 aromatic heterocycles. The number of sulfonamides is 1. The highest BCUT2D eigenvalue weighted by atomic mass is 32.2. The summed E-state index contributed by atoms with van der Waals surface area (Å²) >= 11 is 0.531. The third kappa shape index (κ3) is 4.69. The number of nitrogens with one attached hydrogen (secondary N) is 2. The molecule has 1 amide bonds. The van der Waals surface area contributed by atoms with Gasteiger partial charge in [-0.15, -0.1) is 10.2 Å². The smallest absolute Gasteiger partial charge is 0.300 e. The van der Waals surface area contributed by atoms with Crippen molar-refractivity contribution in [3.05, 3.63) is 29.8 Å². The maximum Gasteiger partial charge on any atom is 0.418 e. The van der Waals surface area contributed by atoms with E-state index in [1.807, 2.05) is 4.72 Å². The third-order valence-electron chi connectivity index (χ3n) is 3.01. The molecule has 7 nitrogen and oxygen atoms in total. The second-order valence-corrected chi connectivity index (χ2v) is 9.06. The fraction of sp³-hybridized carbons (Fsp3) is 0.357. The number of hydrogen-bond donors (Lipinski definition) is 2. The van der Waals surface area contributed by atoms with Crippen molar-refractivity contribution in [3.8, 4) is 0 Å². The van der Waals surface area contributed by atoms with Crippen LogP contribution in [0.1, 0.15) is 26.3 Å². The molecule has 0 saturated heterocycles.